The van der Waals surface area contributed by atoms with Crippen LogP contribution in [0.2, 0.25) is 0 Å². The van der Waals surface area contributed by atoms with Crippen molar-refractivity contribution in [3.63, 3.8) is 0 Å². The van der Waals surface area contributed by atoms with Crippen molar-refractivity contribution < 1.29 is 9.53 Å². The van der Waals surface area contributed by atoms with E-state index in [0.717, 1.165) is 11.1 Å². The van der Waals surface area contributed by atoms with Crippen molar-refractivity contribution in [3.8, 4) is 17.1 Å². The van der Waals surface area contributed by atoms with E-state index in [0.29, 0.717) is 11.6 Å². The second-order valence-corrected chi connectivity index (χ2v) is 5.97. The van der Waals surface area contributed by atoms with Crippen molar-refractivity contribution >= 4 is 5.91 Å². The molecule has 0 aliphatic carbocycles. The molecule has 0 radical (unpaired) electrons. The lowest BCUT2D eigenvalue weighted by molar-refractivity contribution is -0.132. The van der Waals surface area contributed by atoms with Crippen molar-refractivity contribution in [2.24, 2.45) is 0 Å². The number of benzene rings is 2. The highest BCUT2D eigenvalue weighted by Gasteiger charge is 2.19. The summed E-state index contributed by atoms with van der Waals surface area (Å²) in [6.07, 6.45) is 0. The molecule has 0 aliphatic heterocycles. The molecule has 1 heterocycles. The standard InChI is InChI=1S/C19H21N5O2/c1-14(15-8-5-4-6-9-15)23(2)18(25)13-24-21-19(20-22-24)16-10-7-11-17(12-16)26-3/h4-12,14H,13H2,1-3H3. The molecule has 0 saturated heterocycles. The zero-order valence-electron chi connectivity index (χ0n) is 15.0. The zero-order valence-corrected chi connectivity index (χ0v) is 15.0. The summed E-state index contributed by atoms with van der Waals surface area (Å²) in [5.41, 5.74) is 1.86. The molecular weight excluding hydrogens is 330 g/mol. The Morgan fingerprint density at radius 2 is 1.96 bits per heavy atom. The van der Waals surface area contributed by atoms with Gasteiger partial charge in [-0.3, -0.25) is 4.79 Å². The third kappa shape index (κ3) is 3.88. The average molecular weight is 351 g/mol. The van der Waals surface area contributed by atoms with E-state index in [4.69, 9.17) is 4.74 Å². The third-order valence-electron chi connectivity index (χ3n) is 4.31. The minimum atomic E-state index is -0.0871. The van der Waals surface area contributed by atoms with Crippen molar-refractivity contribution in [2.45, 2.75) is 19.5 Å². The summed E-state index contributed by atoms with van der Waals surface area (Å²) in [4.78, 5) is 15.5. The van der Waals surface area contributed by atoms with Crippen molar-refractivity contribution in [1.82, 2.24) is 25.1 Å². The van der Waals surface area contributed by atoms with Crippen LogP contribution in [-0.4, -0.2) is 45.2 Å². The van der Waals surface area contributed by atoms with Gasteiger partial charge in [0, 0.05) is 12.6 Å². The van der Waals surface area contributed by atoms with Crippen molar-refractivity contribution in [2.75, 3.05) is 14.2 Å². The van der Waals surface area contributed by atoms with E-state index in [2.05, 4.69) is 15.4 Å². The molecule has 0 saturated carbocycles. The minimum Gasteiger partial charge on any atom is -0.497 e. The first-order valence-electron chi connectivity index (χ1n) is 8.31. The highest BCUT2D eigenvalue weighted by Crippen LogP contribution is 2.20. The molecule has 3 rings (SSSR count). The number of ether oxygens (including phenoxy) is 1. The van der Waals surface area contributed by atoms with Crippen LogP contribution in [-0.2, 0) is 11.3 Å². The van der Waals surface area contributed by atoms with E-state index in [-0.39, 0.29) is 18.5 Å². The molecule has 7 nitrogen and oxygen atoms in total. The maximum atomic E-state index is 12.6. The van der Waals surface area contributed by atoms with Gasteiger partial charge in [0.1, 0.15) is 12.3 Å². The number of methoxy groups -OCH3 is 1. The summed E-state index contributed by atoms with van der Waals surface area (Å²) in [7, 11) is 3.38. The predicted molar refractivity (Wildman–Crippen MR) is 97.4 cm³/mol. The monoisotopic (exact) mass is 351 g/mol. The quantitative estimate of drug-likeness (QED) is 0.682. The fraction of sp³-hybridized carbons (Fsp3) is 0.263. The van der Waals surface area contributed by atoms with Gasteiger partial charge in [-0.05, 0) is 29.8 Å². The summed E-state index contributed by atoms with van der Waals surface area (Å²) >= 11 is 0. The predicted octanol–water partition coefficient (Wildman–Crippen LogP) is 2.57. The van der Waals surface area contributed by atoms with E-state index < -0.39 is 0 Å². The number of hydrogen-bond donors (Lipinski definition) is 0. The third-order valence-corrected chi connectivity index (χ3v) is 4.31. The van der Waals surface area contributed by atoms with Crippen LogP contribution in [0.1, 0.15) is 18.5 Å². The maximum Gasteiger partial charge on any atom is 0.246 e. The Bertz CT molecular complexity index is 878. The Morgan fingerprint density at radius 1 is 1.19 bits per heavy atom. The van der Waals surface area contributed by atoms with Gasteiger partial charge in [-0.15, -0.1) is 10.2 Å². The second kappa shape index (κ2) is 7.77. The smallest absolute Gasteiger partial charge is 0.246 e. The van der Waals surface area contributed by atoms with Gasteiger partial charge in [0.05, 0.1) is 13.2 Å². The SMILES string of the molecule is COc1cccc(-c2nnn(CC(=O)N(C)C(C)c3ccccc3)n2)c1. The molecule has 1 aromatic heterocycles. The molecule has 1 unspecified atom stereocenters. The van der Waals surface area contributed by atoms with Crippen LogP contribution in [0.5, 0.6) is 5.75 Å². The molecule has 7 heteroatoms. The second-order valence-electron chi connectivity index (χ2n) is 5.97. The van der Waals surface area contributed by atoms with E-state index in [9.17, 15) is 4.79 Å². The summed E-state index contributed by atoms with van der Waals surface area (Å²) in [5, 5.41) is 12.3. The summed E-state index contributed by atoms with van der Waals surface area (Å²) in [6.45, 7) is 2.02. The van der Waals surface area contributed by atoms with Gasteiger partial charge in [0.2, 0.25) is 11.7 Å². The lowest BCUT2D eigenvalue weighted by atomic mass is 10.1. The van der Waals surface area contributed by atoms with Crippen LogP contribution in [0.3, 0.4) is 0 Å². The molecule has 1 atom stereocenters. The molecule has 134 valence electrons. The van der Waals surface area contributed by atoms with Crippen LogP contribution >= 0.6 is 0 Å². The highest BCUT2D eigenvalue weighted by molar-refractivity contribution is 5.76. The molecule has 2 aromatic carbocycles. The molecule has 0 fully saturated rings. The van der Waals surface area contributed by atoms with Gasteiger partial charge in [0.15, 0.2) is 0 Å². The molecule has 3 aromatic rings. The number of aromatic nitrogens is 4. The molecule has 26 heavy (non-hydrogen) atoms. The first-order valence-corrected chi connectivity index (χ1v) is 8.31. The first kappa shape index (κ1) is 17.6. The van der Waals surface area contributed by atoms with Gasteiger partial charge in [0.25, 0.3) is 0 Å². The normalized spacial score (nSPS) is 11.8. The largest absolute Gasteiger partial charge is 0.497 e. The molecule has 0 aliphatic rings. The number of hydrogen-bond acceptors (Lipinski definition) is 5. The van der Waals surface area contributed by atoms with E-state index in [1.54, 1.807) is 19.1 Å². The van der Waals surface area contributed by atoms with E-state index in [1.165, 1.54) is 4.80 Å². The van der Waals surface area contributed by atoms with Gasteiger partial charge in [-0.1, -0.05) is 42.5 Å². The number of carbonyl (C=O) groups is 1. The Labute approximate surface area is 152 Å². The van der Waals surface area contributed by atoms with Crippen molar-refractivity contribution in [1.29, 1.82) is 0 Å². The fourth-order valence-electron chi connectivity index (χ4n) is 2.59. The summed E-state index contributed by atoms with van der Waals surface area (Å²) < 4.78 is 5.20. The van der Waals surface area contributed by atoms with Gasteiger partial charge >= 0.3 is 0 Å². The minimum absolute atomic E-state index is 0.0324. The molecule has 0 spiro atoms. The van der Waals surface area contributed by atoms with Gasteiger partial charge in [-0.2, -0.15) is 4.80 Å². The Kier molecular flexibility index (Phi) is 5.26. The zero-order chi connectivity index (χ0) is 18.5. The average Bonchev–Trinajstić information content (AvgIpc) is 3.16. The van der Waals surface area contributed by atoms with Crippen LogP contribution in [0.25, 0.3) is 11.4 Å². The molecular formula is C19H21N5O2. The van der Waals surface area contributed by atoms with Crippen molar-refractivity contribution in [3.05, 3.63) is 60.2 Å². The van der Waals surface area contributed by atoms with E-state index >= 15 is 0 Å². The first-order chi connectivity index (χ1) is 12.6. The van der Waals surface area contributed by atoms with Crippen LogP contribution in [0, 0.1) is 0 Å². The lowest BCUT2D eigenvalue weighted by Gasteiger charge is -2.25. The van der Waals surface area contributed by atoms with Crippen LogP contribution < -0.4 is 4.74 Å². The molecule has 1 amide bonds. The Balaban J connectivity index is 1.69. The Hall–Kier alpha value is -3.22. The van der Waals surface area contributed by atoms with E-state index in [1.807, 2.05) is 61.5 Å². The topological polar surface area (TPSA) is 73.1 Å². The number of carbonyl (C=O) groups excluding carboxylic acids is 1. The Morgan fingerprint density at radius 3 is 2.69 bits per heavy atom. The number of likely N-dealkylation sites (N-methyl/N-ethyl adjacent to an activating group) is 1. The number of nitrogens with zero attached hydrogens (tertiary/aromatic N) is 5. The van der Waals surface area contributed by atoms with Gasteiger partial charge < -0.3 is 9.64 Å². The lowest BCUT2D eigenvalue weighted by Crippen LogP contribution is -2.33. The fourth-order valence-corrected chi connectivity index (χ4v) is 2.59. The molecule has 0 bridgehead atoms. The number of rotatable bonds is 6. The van der Waals surface area contributed by atoms with Crippen LogP contribution in [0.15, 0.2) is 54.6 Å². The van der Waals surface area contributed by atoms with Gasteiger partial charge in [-0.25, -0.2) is 0 Å². The molecule has 0 N–H and O–H groups in total. The number of amides is 1. The van der Waals surface area contributed by atoms with Crippen LogP contribution in [0.4, 0.5) is 0 Å². The summed E-state index contributed by atoms with van der Waals surface area (Å²) in [6, 6.07) is 17.2. The maximum absolute atomic E-state index is 12.6. The number of tetrazole rings is 1. The summed E-state index contributed by atoms with van der Waals surface area (Å²) in [5.74, 6) is 1.08. The highest BCUT2D eigenvalue weighted by atomic mass is 16.5.